The van der Waals surface area contributed by atoms with Crippen LogP contribution in [0.3, 0.4) is 0 Å². The highest BCUT2D eigenvalue weighted by Crippen LogP contribution is 2.34. The smallest absolute Gasteiger partial charge is 0.345 e. The molecule has 3 aromatic heterocycles. The van der Waals surface area contributed by atoms with Gasteiger partial charge in [-0.1, -0.05) is 29.3 Å². The topological polar surface area (TPSA) is 78.9 Å². The molecule has 6 nitrogen and oxygen atoms in total. The fourth-order valence-electron chi connectivity index (χ4n) is 3.62. The number of nitrogens with zero attached hydrogens (tertiary/aromatic N) is 4. The van der Waals surface area contributed by atoms with E-state index in [4.69, 9.17) is 28.9 Å². The Morgan fingerprint density at radius 3 is 2.43 bits per heavy atom. The lowest BCUT2D eigenvalue weighted by Gasteiger charge is -2.18. The molecule has 2 N–H and O–H groups in total. The molecule has 0 amide bonds. The summed E-state index contributed by atoms with van der Waals surface area (Å²) < 4.78 is 59.9. The van der Waals surface area contributed by atoms with E-state index in [9.17, 15) is 17.6 Å². The summed E-state index contributed by atoms with van der Waals surface area (Å²) in [4.78, 5) is 8.07. The molecule has 12 heteroatoms. The molecule has 0 aliphatic heterocycles. The fourth-order valence-corrected chi connectivity index (χ4v) is 4.03. The van der Waals surface area contributed by atoms with E-state index in [0.717, 1.165) is 6.20 Å². The van der Waals surface area contributed by atoms with Crippen LogP contribution in [0.4, 0.5) is 23.2 Å². The molecular formula is C23H17Cl2F4N5O. The van der Waals surface area contributed by atoms with Crippen molar-refractivity contribution < 1.29 is 22.3 Å². The Balaban J connectivity index is 1.69. The van der Waals surface area contributed by atoms with Crippen LogP contribution in [0.2, 0.25) is 10.0 Å². The molecule has 1 atom stereocenters. The van der Waals surface area contributed by atoms with Crippen molar-refractivity contribution in [3.8, 4) is 22.3 Å². The zero-order chi connectivity index (χ0) is 25.1. The second-order valence-electron chi connectivity index (χ2n) is 7.42. The Labute approximate surface area is 207 Å². The Kier molecular flexibility index (Phi) is 7.54. The van der Waals surface area contributed by atoms with E-state index >= 15 is 0 Å². The number of benzene rings is 1. The third kappa shape index (κ3) is 5.39. The van der Waals surface area contributed by atoms with E-state index in [2.05, 4.69) is 19.8 Å². The average molecular weight is 526 g/mol. The zero-order valence-corrected chi connectivity index (χ0v) is 19.3. The lowest BCUT2D eigenvalue weighted by Crippen LogP contribution is -2.16. The second kappa shape index (κ2) is 10.6. The maximum atomic E-state index is 14.6. The summed E-state index contributed by atoms with van der Waals surface area (Å²) in [6.07, 6.45) is 6.69. The maximum Gasteiger partial charge on any atom is 0.345 e. The van der Waals surface area contributed by atoms with E-state index in [0.29, 0.717) is 16.8 Å². The molecule has 4 aromatic rings. The van der Waals surface area contributed by atoms with E-state index in [1.807, 2.05) is 0 Å². The Bertz CT molecular complexity index is 1310. The van der Waals surface area contributed by atoms with Gasteiger partial charge in [0, 0.05) is 46.5 Å². The van der Waals surface area contributed by atoms with Crippen LogP contribution in [0.1, 0.15) is 18.2 Å². The number of pyridine rings is 2. The molecule has 0 spiro atoms. The monoisotopic (exact) mass is 525 g/mol. The molecule has 35 heavy (non-hydrogen) atoms. The molecule has 0 bridgehead atoms. The van der Waals surface area contributed by atoms with Crippen LogP contribution in [0, 0.1) is 11.6 Å². The number of anilines is 1. The van der Waals surface area contributed by atoms with Crippen molar-refractivity contribution >= 4 is 28.9 Å². The number of ether oxygens (including phenoxy) is 1. The third-order valence-corrected chi connectivity index (χ3v) is 5.82. The minimum absolute atomic E-state index is 0.0675. The standard InChI is InChI=1S/C23H17Cl2F4N5O/c24-14-2-3-17(30)21(22(14)27)12-1-4-18(32-7-12)19(5-6-35-23(28)29)34-11-13(8-33-34)20-15(25)9-31-10-16(20)26/h1-4,7-11,19,23H,5-6,30H2. The van der Waals surface area contributed by atoms with Crippen molar-refractivity contribution in [1.29, 1.82) is 0 Å². The number of alkyl halides is 2. The Morgan fingerprint density at radius 1 is 0.943 bits per heavy atom. The highest BCUT2D eigenvalue weighted by Gasteiger charge is 2.21. The van der Waals surface area contributed by atoms with Crippen LogP contribution in [0.15, 0.2) is 55.2 Å². The number of hydrogen-bond acceptors (Lipinski definition) is 5. The fraction of sp³-hybridized carbons (Fsp3) is 0.174. The van der Waals surface area contributed by atoms with Gasteiger partial charge in [0.15, 0.2) is 11.6 Å². The molecule has 1 unspecified atom stereocenters. The molecular weight excluding hydrogens is 509 g/mol. The quantitative estimate of drug-likeness (QED) is 0.213. The minimum atomic E-state index is -2.95. The molecule has 182 valence electrons. The first kappa shape index (κ1) is 24.9. The summed E-state index contributed by atoms with van der Waals surface area (Å²) in [7, 11) is 0. The van der Waals surface area contributed by atoms with Gasteiger partial charge >= 0.3 is 6.61 Å². The van der Waals surface area contributed by atoms with Crippen molar-refractivity contribution in [3.63, 3.8) is 0 Å². The van der Waals surface area contributed by atoms with Gasteiger partial charge in [0.1, 0.15) is 0 Å². The predicted octanol–water partition coefficient (Wildman–Crippen LogP) is 6.39. The van der Waals surface area contributed by atoms with Crippen LogP contribution in [0.25, 0.3) is 22.3 Å². The van der Waals surface area contributed by atoms with E-state index in [-0.39, 0.29) is 39.9 Å². The molecule has 0 saturated heterocycles. The van der Waals surface area contributed by atoms with Crippen LogP contribution in [0.5, 0.6) is 0 Å². The SMILES string of the molecule is Nc1ccc(Cl)c(F)c1-c1ccc(C(CCOC(F)F)n2cc(-c3c(F)cncc3Cl)cn2)nc1. The van der Waals surface area contributed by atoms with Crippen molar-refractivity contribution in [2.24, 2.45) is 0 Å². The molecule has 1 aromatic carbocycles. The van der Waals surface area contributed by atoms with Crippen LogP contribution < -0.4 is 5.73 Å². The lowest BCUT2D eigenvalue weighted by molar-refractivity contribution is -0.130. The van der Waals surface area contributed by atoms with Gasteiger partial charge < -0.3 is 10.5 Å². The molecule has 3 heterocycles. The van der Waals surface area contributed by atoms with Crippen molar-refractivity contribution in [1.82, 2.24) is 19.7 Å². The summed E-state index contributed by atoms with van der Waals surface area (Å²) in [5, 5.41) is 4.26. The van der Waals surface area contributed by atoms with Gasteiger partial charge in [-0.2, -0.15) is 13.9 Å². The van der Waals surface area contributed by atoms with E-state index in [1.165, 1.54) is 41.6 Å². The number of aromatic nitrogens is 4. The summed E-state index contributed by atoms with van der Waals surface area (Å²) in [5.74, 6) is -1.32. The molecule has 0 aliphatic carbocycles. The van der Waals surface area contributed by atoms with Gasteiger partial charge in [-0.05, 0) is 24.6 Å². The molecule has 0 radical (unpaired) electrons. The van der Waals surface area contributed by atoms with Crippen molar-refractivity contribution in [2.75, 3.05) is 12.3 Å². The minimum Gasteiger partial charge on any atom is -0.398 e. The average Bonchev–Trinajstić information content (AvgIpc) is 3.29. The van der Waals surface area contributed by atoms with Gasteiger partial charge in [0.05, 0.1) is 40.8 Å². The Hall–Kier alpha value is -3.21. The van der Waals surface area contributed by atoms with Crippen molar-refractivity contribution in [3.05, 3.63) is 82.6 Å². The number of nitrogen functional groups attached to an aromatic ring is 1. The molecule has 0 fully saturated rings. The predicted molar refractivity (Wildman–Crippen MR) is 124 cm³/mol. The summed E-state index contributed by atoms with van der Waals surface area (Å²) in [6.45, 7) is -3.25. The van der Waals surface area contributed by atoms with Gasteiger partial charge in [0.2, 0.25) is 0 Å². The summed E-state index contributed by atoms with van der Waals surface area (Å²) in [6, 6.07) is 5.33. The van der Waals surface area contributed by atoms with Crippen molar-refractivity contribution in [2.45, 2.75) is 19.1 Å². The first-order valence-corrected chi connectivity index (χ1v) is 10.9. The van der Waals surface area contributed by atoms with Crippen LogP contribution >= 0.6 is 23.2 Å². The first-order valence-electron chi connectivity index (χ1n) is 10.2. The summed E-state index contributed by atoms with van der Waals surface area (Å²) >= 11 is 12.0. The number of halogens is 6. The van der Waals surface area contributed by atoms with Gasteiger partial charge in [0.25, 0.3) is 0 Å². The largest absolute Gasteiger partial charge is 0.398 e. The highest BCUT2D eigenvalue weighted by molar-refractivity contribution is 6.33. The van der Waals surface area contributed by atoms with E-state index in [1.54, 1.807) is 12.1 Å². The zero-order valence-electron chi connectivity index (χ0n) is 17.8. The maximum absolute atomic E-state index is 14.6. The van der Waals surface area contributed by atoms with E-state index < -0.39 is 24.3 Å². The Morgan fingerprint density at radius 2 is 1.74 bits per heavy atom. The highest BCUT2D eigenvalue weighted by atomic mass is 35.5. The lowest BCUT2D eigenvalue weighted by atomic mass is 10.0. The normalized spacial score (nSPS) is 12.3. The number of hydrogen-bond donors (Lipinski definition) is 1. The number of rotatable bonds is 8. The summed E-state index contributed by atoms with van der Waals surface area (Å²) in [5.41, 5.74) is 7.45. The molecule has 0 aliphatic rings. The number of nitrogens with two attached hydrogens (primary N) is 1. The van der Waals surface area contributed by atoms with Crippen LogP contribution in [-0.4, -0.2) is 33.0 Å². The first-order chi connectivity index (χ1) is 16.8. The van der Waals surface area contributed by atoms with Gasteiger partial charge in [-0.3, -0.25) is 14.6 Å². The van der Waals surface area contributed by atoms with Crippen LogP contribution in [-0.2, 0) is 4.74 Å². The molecule has 0 saturated carbocycles. The van der Waals surface area contributed by atoms with Gasteiger partial charge in [-0.15, -0.1) is 0 Å². The van der Waals surface area contributed by atoms with Gasteiger partial charge in [-0.25, -0.2) is 8.78 Å². The second-order valence-corrected chi connectivity index (χ2v) is 8.23. The third-order valence-electron chi connectivity index (χ3n) is 5.24. The molecule has 4 rings (SSSR count).